The summed E-state index contributed by atoms with van der Waals surface area (Å²) in [5.41, 5.74) is 1.66. The molecule has 3 heterocycles. The van der Waals surface area contributed by atoms with E-state index in [0.29, 0.717) is 5.92 Å². The number of pyridine rings is 1. The predicted octanol–water partition coefficient (Wildman–Crippen LogP) is 3.45. The molecule has 1 aliphatic rings. The largest absolute Gasteiger partial charge is 0.444 e. The number of aromatic nitrogens is 2. The van der Waals surface area contributed by atoms with Gasteiger partial charge in [-0.3, -0.25) is 0 Å². The van der Waals surface area contributed by atoms with Gasteiger partial charge in [0.1, 0.15) is 11.2 Å². The summed E-state index contributed by atoms with van der Waals surface area (Å²) in [5.74, 6) is 0.415. The van der Waals surface area contributed by atoms with E-state index in [4.69, 9.17) is 9.72 Å². The first-order valence-electron chi connectivity index (χ1n) is 7.84. The molecule has 5 nitrogen and oxygen atoms in total. The van der Waals surface area contributed by atoms with Crippen molar-refractivity contribution < 1.29 is 9.53 Å². The summed E-state index contributed by atoms with van der Waals surface area (Å²) >= 11 is 0. The van der Waals surface area contributed by atoms with Gasteiger partial charge in [0.25, 0.3) is 0 Å². The molecule has 22 heavy (non-hydrogen) atoms. The lowest BCUT2D eigenvalue weighted by Gasteiger charge is -2.32. The summed E-state index contributed by atoms with van der Waals surface area (Å²) in [6.07, 6.45) is 5.78. The molecular weight excluding hydrogens is 278 g/mol. The van der Waals surface area contributed by atoms with Crippen LogP contribution in [-0.2, 0) is 4.74 Å². The summed E-state index contributed by atoms with van der Waals surface area (Å²) in [4.78, 5) is 18.6. The number of ether oxygens (including phenoxy) is 1. The van der Waals surface area contributed by atoms with E-state index in [2.05, 4.69) is 10.6 Å². The van der Waals surface area contributed by atoms with Crippen molar-refractivity contribution in [2.75, 3.05) is 13.1 Å². The maximum Gasteiger partial charge on any atom is 0.410 e. The second kappa shape index (κ2) is 5.63. The van der Waals surface area contributed by atoms with Crippen molar-refractivity contribution in [1.82, 2.24) is 14.3 Å². The van der Waals surface area contributed by atoms with E-state index in [1.165, 1.54) is 0 Å². The molecule has 2 aromatic rings. The van der Waals surface area contributed by atoms with E-state index in [0.717, 1.165) is 37.3 Å². The topological polar surface area (TPSA) is 46.8 Å². The van der Waals surface area contributed by atoms with E-state index in [1.807, 2.05) is 45.2 Å². The number of carbonyl (C=O) groups excluding carboxylic acids is 1. The van der Waals surface area contributed by atoms with E-state index in [-0.39, 0.29) is 6.09 Å². The van der Waals surface area contributed by atoms with Crippen LogP contribution in [0.2, 0.25) is 0 Å². The second-order valence-corrected chi connectivity index (χ2v) is 6.87. The minimum absolute atomic E-state index is 0.207. The Labute approximate surface area is 130 Å². The first kappa shape index (κ1) is 14.9. The Bertz CT molecular complexity index is 631. The van der Waals surface area contributed by atoms with Gasteiger partial charge in [0, 0.05) is 31.4 Å². The highest BCUT2D eigenvalue weighted by Crippen LogP contribution is 2.28. The summed E-state index contributed by atoms with van der Waals surface area (Å²) in [6.45, 7) is 7.15. The number of hydrogen-bond acceptors (Lipinski definition) is 3. The SMILES string of the molecule is CC(C)(C)OC(=O)N1CCC(c2cn3ccccc3n2)CC1. The maximum atomic E-state index is 12.1. The second-order valence-electron chi connectivity index (χ2n) is 6.87. The predicted molar refractivity (Wildman–Crippen MR) is 85.0 cm³/mol. The minimum Gasteiger partial charge on any atom is -0.444 e. The summed E-state index contributed by atoms with van der Waals surface area (Å²) < 4.78 is 7.48. The molecule has 1 fully saturated rings. The molecule has 0 atom stereocenters. The monoisotopic (exact) mass is 301 g/mol. The zero-order valence-corrected chi connectivity index (χ0v) is 13.5. The lowest BCUT2D eigenvalue weighted by atomic mass is 9.94. The highest BCUT2D eigenvalue weighted by molar-refractivity contribution is 5.68. The third kappa shape index (κ3) is 3.24. The van der Waals surface area contributed by atoms with Crippen LogP contribution in [0.5, 0.6) is 0 Å². The van der Waals surface area contributed by atoms with E-state index < -0.39 is 5.60 Å². The molecule has 0 saturated carbocycles. The van der Waals surface area contributed by atoms with Gasteiger partial charge in [-0.05, 0) is 45.7 Å². The minimum atomic E-state index is -0.435. The zero-order chi connectivity index (χ0) is 15.7. The zero-order valence-electron chi connectivity index (χ0n) is 13.5. The van der Waals surface area contributed by atoms with Crippen LogP contribution in [0, 0.1) is 0 Å². The van der Waals surface area contributed by atoms with E-state index in [1.54, 1.807) is 4.90 Å². The fourth-order valence-electron chi connectivity index (χ4n) is 2.84. The van der Waals surface area contributed by atoms with E-state index >= 15 is 0 Å². The van der Waals surface area contributed by atoms with Crippen molar-refractivity contribution in [3.05, 3.63) is 36.3 Å². The smallest absolute Gasteiger partial charge is 0.410 e. The van der Waals surface area contributed by atoms with Gasteiger partial charge in [0.15, 0.2) is 0 Å². The summed E-state index contributed by atoms with van der Waals surface area (Å²) in [6, 6.07) is 6.01. The molecule has 1 aliphatic heterocycles. The quantitative estimate of drug-likeness (QED) is 0.810. The van der Waals surface area contributed by atoms with Crippen molar-refractivity contribution in [2.45, 2.75) is 45.1 Å². The number of piperidine rings is 1. The molecule has 1 amide bonds. The van der Waals surface area contributed by atoms with Crippen LogP contribution in [0.4, 0.5) is 4.79 Å². The fraction of sp³-hybridized carbons (Fsp3) is 0.529. The summed E-state index contributed by atoms with van der Waals surface area (Å²) in [5, 5.41) is 0. The third-order valence-corrected chi connectivity index (χ3v) is 3.95. The molecule has 2 aromatic heterocycles. The number of fused-ring (bicyclic) bond motifs is 1. The lowest BCUT2D eigenvalue weighted by Crippen LogP contribution is -2.41. The van der Waals surface area contributed by atoms with Crippen molar-refractivity contribution in [2.24, 2.45) is 0 Å². The van der Waals surface area contributed by atoms with Gasteiger partial charge in [-0.15, -0.1) is 0 Å². The van der Waals surface area contributed by atoms with Gasteiger partial charge in [0.05, 0.1) is 5.69 Å². The number of amides is 1. The third-order valence-electron chi connectivity index (χ3n) is 3.95. The highest BCUT2D eigenvalue weighted by Gasteiger charge is 2.28. The number of nitrogens with zero attached hydrogens (tertiary/aromatic N) is 3. The average molecular weight is 301 g/mol. The Balaban J connectivity index is 1.63. The molecule has 0 unspecified atom stereocenters. The number of imidazole rings is 1. The van der Waals surface area contributed by atoms with Gasteiger partial charge in [-0.25, -0.2) is 9.78 Å². The molecule has 0 bridgehead atoms. The van der Waals surface area contributed by atoms with Gasteiger partial charge >= 0.3 is 6.09 Å². The highest BCUT2D eigenvalue weighted by atomic mass is 16.6. The van der Waals surface area contributed by atoms with Crippen molar-refractivity contribution in [3.63, 3.8) is 0 Å². The first-order valence-corrected chi connectivity index (χ1v) is 7.84. The Morgan fingerprint density at radius 3 is 2.64 bits per heavy atom. The Kier molecular flexibility index (Phi) is 3.81. The van der Waals surface area contributed by atoms with E-state index in [9.17, 15) is 4.79 Å². The van der Waals surface area contributed by atoms with Crippen LogP contribution in [0.1, 0.15) is 45.2 Å². The first-order chi connectivity index (χ1) is 10.4. The van der Waals surface area contributed by atoms with Gasteiger partial charge in [0.2, 0.25) is 0 Å². The Hall–Kier alpha value is -2.04. The number of carbonyl (C=O) groups is 1. The van der Waals surface area contributed by atoms with Crippen LogP contribution in [-0.4, -0.2) is 39.1 Å². The van der Waals surface area contributed by atoms with Crippen LogP contribution in [0.15, 0.2) is 30.6 Å². The number of likely N-dealkylation sites (tertiary alicyclic amines) is 1. The Morgan fingerprint density at radius 1 is 1.27 bits per heavy atom. The van der Waals surface area contributed by atoms with Crippen LogP contribution in [0.25, 0.3) is 5.65 Å². The lowest BCUT2D eigenvalue weighted by molar-refractivity contribution is 0.0204. The number of hydrogen-bond donors (Lipinski definition) is 0. The van der Waals surface area contributed by atoms with Gasteiger partial charge < -0.3 is 14.0 Å². The maximum absolute atomic E-state index is 12.1. The molecule has 0 radical (unpaired) electrons. The standard InChI is InChI=1S/C17H23N3O2/c1-17(2,3)22-16(21)19-10-7-13(8-11-19)14-12-20-9-5-4-6-15(20)18-14/h4-6,9,12-13H,7-8,10-11H2,1-3H3. The van der Waals surface area contributed by atoms with Gasteiger partial charge in [-0.2, -0.15) is 0 Å². The molecule has 5 heteroatoms. The van der Waals surface area contributed by atoms with Crippen molar-refractivity contribution in [3.8, 4) is 0 Å². The molecule has 1 saturated heterocycles. The molecule has 0 aliphatic carbocycles. The van der Waals surface area contributed by atoms with Crippen LogP contribution >= 0.6 is 0 Å². The van der Waals surface area contributed by atoms with Crippen molar-refractivity contribution >= 4 is 11.7 Å². The normalized spacial score (nSPS) is 17.0. The molecular formula is C17H23N3O2. The summed E-state index contributed by atoms with van der Waals surface area (Å²) in [7, 11) is 0. The molecule has 118 valence electrons. The van der Waals surface area contributed by atoms with Crippen LogP contribution < -0.4 is 0 Å². The van der Waals surface area contributed by atoms with Gasteiger partial charge in [-0.1, -0.05) is 6.07 Å². The number of rotatable bonds is 1. The van der Waals surface area contributed by atoms with Crippen molar-refractivity contribution in [1.29, 1.82) is 0 Å². The Morgan fingerprint density at radius 2 is 2.00 bits per heavy atom. The van der Waals surface area contributed by atoms with Crippen LogP contribution in [0.3, 0.4) is 0 Å². The molecule has 0 spiro atoms. The average Bonchev–Trinajstić information content (AvgIpc) is 2.89. The fourth-order valence-corrected chi connectivity index (χ4v) is 2.84. The molecule has 0 N–H and O–H groups in total. The molecule has 0 aromatic carbocycles. The molecule has 3 rings (SSSR count).